The van der Waals surface area contributed by atoms with E-state index in [0.717, 1.165) is 0 Å². The quantitative estimate of drug-likeness (QED) is 0.820. The molecule has 1 aliphatic rings. The molecule has 2 aromatic rings. The largest absolute Gasteiger partial charge is 0.503 e. The van der Waals surface area contributed by atoms with Crippen LogP contribution in [0.25, 0.3) is 0 Å². The second-order valence-corrected chi connectivity index (χ2v) is 7.17. The van der Waals surface area contributed by atoms with Crippen molar-refractivity contribution in [3.8, 4) is 0 Å². The Bertz CT molecular complexity index is 883. The summed E-state index contributed by atoms with van der Waals surface area (Å²) >= 11 is 6.21. The minimum absolute atomic E-state index is 0.0676. The van der Waals surface area contributed by atoms with Crippen LogP contribution in [-0.4, -0.2) is 16.8 Å². The third-order valence-corrected chi connectivity index (χ3v) is 4.82. The van der Waals surface area contributed by atoms with Crippen molar-refractivity contribution in [2.24, 2.45) is 5.92 Å². The van der Waals surface area contributed by atoms with Gasteiger partial charge in [0, 0.05) is 17.1 Å². The average Bonchev–Trinajstić information content (AvgIpc) is 3.18. The van der Waals surface area contributed by atoms with Gasteiger partial charge in [-0.3, -0.25) is 14.5 Å². The van der Waals surface area contributed by atoms with E-state index in [1.807, 2.05) is 13.8 Å². The van der Waals surface area contributed by atoms with E-state index in [1.165, 1.54) is 11.2 Å². The Morgan fingerprint density at radius 1 is 1.31 bits per heavy atom. The summed E-state index contributed by atoms with van der Waals surface area (Å²) in [6, 6.07) is 7.73. The number of nitrogens with zero attached hydrogens (tertiary/aromatic N) is 1. The van der Waals surface area contributed by atoms with Crippen LogP contribution in [0.1, 0.15) is 37.6 Å². The first kappa shape index (κ1) is 18.3. The number of amides is 1. The molecule has 1 atom stereocenters. The van der Waals surface area contributed by atoms with Crippen LogP contribution in [0.3, 0.4) is 0 Å². The topological polar surface area (TPSA) is 70.8 Å². The third-order valence-electron chi connectivity index (χ3n) is 4.41. The average molecular weight is 374 g/mol. The normalized spacial score (nSPS) is 17.5. The second-order valence-electron chi connectivity index (χ2n) is 6.76. The zero-order valence-electron chi connectivity index (χ0n) is 14.8. The molecule has 26 heavy (non-hydrogen) atoms. The van der Waals surface area contributed by atoms with Gasteiger partial charge in [-0.15, -0.1) is 0 Å². The molecule has 0 radical (unpaired) electrons. The second kappa shape index (κ2) is 7.00. The van der Waals surface area contributed by atoms with Crippen molar-refractivity contribution >= 4 is 29.0 Å². The van der Waals surface area contributed by atoms with Crippen LogP contribution in [0.15, 0.2) is 52.3 Å². The van der Waals surface area contributed by atoms with Gasteiger partial charge in [-0.2, -0.15) is 0 Å². The monoisotopic (exact) mass is 373 g/mol. The van der Waals surface area contributed by atoms with Crippen LogP contribution in [0.5, 0.6) is 0 Å². The smallest absolute Gasteiger partial charge is 0.294 e. The van der Waals surface area contributed by atoms with Crippen molar-refractivity contribution in [1.82, 2.24) is 0 Å². The minimum atomic E-state index is -0.819. The lowest BCUT2D eigenvalue weighted by atomic mass is 9.95. The molecular weight excluding hydrogens is 354 g/mol. The van der Waals surface area contributed by atoms with Gasteiger partial charge in [-0.25, -0.2) is 0 Å². The lowest BCUT2D eigenvalue weighted by Crippen LogP contribution is -2.31. The van der Waals surface area contributed by atoms with Crippen LogP contribution in [0.2, 0.25) is 5.02 Å². The molecule has 136 valence electrons. The van der Waals surface area contributed by atoms with Gasteiger partial charge in [0.15, 0.2) is 11.5 Å². The molecule has 0 fully saturated rings. The summed E-state index contributed by atoms with van der Waals surface area (Å²) in [5.74, 6) is -0.930. The summed E-state index contributed by atoms with van der Waals surface area (Å²) in [6.45, 7) is 5.61. The van der Waals surface area contributed by atoms with Crippen LogP contribution in [0.4, 0.5) is 5.69 Å². The molecule has 0 bridgehead atoms. The Balaban J connectivity index is 2.16. The van der Waals surface area contributed by atoms with E-state index in [4.69, 9.17) is 16.0 Å². The molecule has 0 saturated heterocycles. The number of furan rings is 1. The molecule has 6 heteroatoms. The van der Waals surface area contributed by atoms with Gasteiger partial charge in [-0.05, 0) is 42.7 Å². The van der Waals surface area contributed by atoms with E-state index >= 15 is 0 Å². The van der Waals surface area contributed by atoms with E-state index in [1.54, 1.807) is 37.3 Å². The van der Waals surface area contributed by atoms with E-state index < -0.39 is 17.7 Å². The molecule has 1 aromatic carbocycles. The van der Waals surface area contributed by atoms with Crippen molar-refractivity contribution < 1.29 is 19.1 Å². The van der Waals surface area contributed by atoms with Crippen molar-refractivity contribution in [2.75, 3.05) is 4.90 Å². The number of carbonyl (C=O) groups is 2. The van der Waals surface area contributed by atoms with Gasteiger partial charge in [0.2, 0.25) is 0 Å². The highest BCUT2D eigenvalue weighted by atomic mass is 35.5. The SMILES string of the molecule is Cc1c(Cl)cccc1N1C(=O)C(O)=C(C(=O)CC(C)C)C1c1ccco1. The first-order valence-corrected chi connectivity index (χ1v) is 8.79. The lowest BCUT2D eigenvalue weighted by molar-refractivity contribution is -0.118. The number of aliphatic hydroxyl groups excluding tert-OH is 1. The number of hydrogen-bond donors (Lipinski definition) is 1. The molecule has 0 saturated carbocycles. The molecule has 1 aliphatic heterocycles. The molecule has 3 rings (SSSR count). The number of hydrogen-bond acceptors (Lipinski definition) is 4. The van der Waals surface area contributed by atoms with E-state index in [-0.39, 0.29) is 23.7 Å². The maximum Gasteiger partial charge on any atom is 0.294 e. The predicted octanol–water partition coefficient (Wildman–Crippen LogP) is 4.76. The Labute approximate surface area is 156 Å². The molecule has 0 spiro atoms. The molecule has 1 N–H and O–H groups in total. The number of aliphatic hydroxyl groups is 1. The highest BCUT2D eigenvalue weighted by Gasteiger charge is 2.46. The van der Waals surface area contributed by atoms with E-state index in [9.17, 15) is 14.7 Å². The Hall–Kier alpha value is -2.53. The van der Waals surface area contributed by atoms with Crippen molar-refractivity contribution in [1.29, 1.82) is 0 Å². The zero-order chi connectivity index (χ0) is 19.0. The van der Waals surface area contributed by atoms with E-state index in [0.29, 0.717) is 22.0 Å². The Kier molecular flexibility index (Phi) is 4.92. The molecule has 1 unspecified atom stereocenters. The maximum absolute atomic E-state index is 12.9. The number of anilines is 1. The van der Waals surface area contributed by atoms with Crippen molar-refractivity contribution in [3.63, 3.8) is 0 Å². The van der Waals surface area contributed by atoms with Crippen LogP contribution in [-0.2, 0) is 9.59 Å². The van der Waals surface area contributed by atoms with Crippen LogP contribution in [0, 0.1) is 12.8 Å². The highest BCUT2D eigenvalue weighted by Crippen LogP contribution is 2.43. The molecular formula is C20H20ClNO4. The third kappa shape index (κ3) is 3.03. The number of Topliss-reactive ketones (excluding diaryl/α,β-unsaturated/α-hetero) is 1. The first-order valence-electron chi connectivity index (χ1n) is 8.41. The molecule has 0 aliphatic carbocycles. The molecule has 1 aromatic heterocycles. The van der Waals surface area contributed by atoms with Gasteiger partial charge < -0.3 is 9.52 Å². The summed E-state index contributed by atoms with van der Waals surface area (Å²) < 4.78 is 5.50. The van der Waals surface area contributed by atoms with Gasteiger partial charge in [0.1, 0.15) is 11.8 Å². The first-order chi connectivity index (χ1) is 12.3. The number of rotatable bonds is 5. The summed E-state index contributed by atoms with van der Waals surface area (Å²) in [5.41, 5.74) is 1.28. The fraction of sp³-hybridized carbons (Fsp3) is 0.300. The Morgan fingerprint density at radius 3 is 2.65 bits per heavy atom. The summed E-state index contributed by atoms with van der Waals surface area (Å²) in [4.78, 5) is 27.0. The fourth-order valence-electron chi connectivity index (χ4n) is 3.19. The van der Waals surface area contributed by atoms with E-state index in [2.05, 4.69) is 0 Å². The Morgan fingerprint density at radius 2 is 2.04 bits per heavy atom. The lowest BCUT2D eigenvalue weighted by Gasteiger charge is -2.26. The van der Waals surface area contributed by atoms with Crippen LogP contribution >= 0.6 is 11.6 Å². The summed E-state index contributed by atoms with van der Waals surface area (Å²) in [6.07, 6.45) is 1.70. The molecule has 1 amide bonds. The number of benzene rings is 1. The van der Waals surface area contributed by atoms with Gasteiger partial charge in [0.25, 0.3) is 5.91 Å². The number of carbonyl (C=O) groups excluding carboxylic acids is 2. The highest BCUT2D eigenvalue weighted by molar-refractivity contribution is 6.32. The molecule has 5 nitrogen and oxygen atoms in total. The standard InChI is InChI=1S/C20H20ClNO4/c1-11(2)10-15(23)17-18(16-8-5-9-26-16)22(20(25)19(17)24)14-7-4-6-13(21)12(14)3/h4-9,11,18,24H,10H2,1-3H3. The predicted molar refractivity (Wildman–Crippen MR) is 99.2 cm³/mol. The minimum Gasteiger partial charge on any atom is -0.503 e. The van der Waals surface area contributed by atoms with Gasteiger partial charge in [-0.1, -0.05) is 31.5 Å². The zero-order valence-corrected chi connectivity index (χ0v) is 15.6. The fourth-order valence-corrected chi connectivity index (χ4v) is 3.36. The molecule has 2 heterocycles. The number of ketones is 1. The maximum atomic E-state index is 12.9. The summed E-state index contributed by atoms with van der Waals surface area (Å²) in [7, 11) is 0. The van der Waals surface area contributed by atoms with Crippen molar-refractivity contribution in [2.45, 2.75) is 33.2 Å². The van der Waals surface area contributed by atoms with Crippen LogP contribution < -0.4 is 4.90 Å². The van der Waals surface area contributed by atoms with Gasteiger partial charge >= 0.3 is 0 Å². The number of halogens is 1. The summed E-state index contributed by atoms with van der Waals surface area (Å²) in [5, 5.41) is 11.0. The van der Waals surface area contributed by atoms with Crippen molar-refractivity contribution in [3.05, 3.63) is 64.3 Å². The van der Waals surface area contributed by atoms with Gasteiger partial charge in [0.05, 0.1) is 11.8 Å².